The fourth-order valence-electron chi connectivity index (χ4n) is 3.77. The van der Waals surface area contributed by atoms with E-state index in [1.165, 1.54) is 0 Å². The normalized spacial score (nSPS) is 24.6. The first-order valence-electron chi connectivity index (χ1n) is 9.76. The van der Waals surface area contributed by atoms with Gasteiger partial charge < -0.3 is 25.4 Å². The van der Waals surface area contributed by atoms with E-state index in [4.69, 9.17) is 9.84 Å². The van der Waals surface area contributed by atoms with Gasteiger partial charge in [-0.25, -0.2) is 4.79 Å². The zero-order chi connectivity index (χ0) is 19.9. The third-order valence-corrected chi connectivity index (χ3v) is 5.33. The topological polar surface area (TPSA) is 108 Å². The average molecular weight is 389 g/mol. The zero-order valence-corrected chi connectivity index (χ0v) is 15.8. The molecule has 2 aliphatic rings. The summed E-state index contributed by atoms with van der Waals surface area (Å²) in [5.41, 5.74) is 0. The summed E-state index contributed by atoms with van der Waals surface area (Å²) in [7, 11) is 0. The van der Waals surface area contributed by atoms with Crippen molar-refractivity contribution < 1.29 is 24.2 Å². The van der Waals surface area contributed by atoms with E-state index in [1.807, 2.05) is 30.3 Å². The maximum absolute atomic E-state index is 12.2. The number of aliphatic carboxylic acids is 1. The maximum Gasteiger partial charge on any atom is 0.315 e. The number of ether oxygens (including phenoxy) is 1. The van der Waals surface area contributed by atoms with Gasteiger partial charge in [-0.05, 0) is 37.8 Å². The van der Waals surface area contributed by atoms with Crippen molar-refractivity contribution in [1.29, 1.82) is 0 Å². The Morgan fingerprint density at radius 2 is 1.75 bits per heavy atom. The molecule has 3 N–H and O–H groups in total. The van der Waals surface area contributed by atoms with Crippen LogP contribution in [-0.4, -0.2) is 59.7 Å². The van der Waals surface area contributed by atoms with Crippen LogP contribution in [0.1, 0.15) is 32.1 Å². The van der Waals surface area contributed by atoms with Gasteiger partial charge in [0.15, 0.2) is 0 Å². The molecule has 0 spiro atoms. The van der Waals surface area contributed by atoms with Gasteiger partial charge in [0.25, 0.3) is 0 Å². The summed E-state index contributed by atoms with van der Waals surface area (Å²) in [4.78, 5) is 37.0. The molecule has 1 aromatic carbocycles. The van der Waals surface area contributed by atoms with Gasteiger partial charge in [0, 0.05) is 19.0 Å². The lowest BCUT2D eigenvalue weighted by molar-refractivity contribution is -0.142. The molecule has 1 unspecified atom stereocenters. The van der Waals surface area contributed by atoms with Gasteiger partial charge in [-0.1, -0.05) is 18.2 Å². The van der Waals surface area contributed by atoms with Crippen LogP contribution >= 0.6 is 0 Å². The van der Waals surface area contributed by atoms with Crippen molar-refractivity contribution in [1.82, 2.24) is 15.5 Å². The number of likely N-dealkylation sites (tertiary alicyclic amines) is 1. The van der Waals surface area contributed by atoms with Gasteiger partial charge in [0.2, 0.25) is 5.91 Å². The molecule has 2 fully saturated rings. The largest absolute Gasteiger partial charge is 0.492 e. The molecule has 1 saturated heterocycles. The second kappa shape index (κ2) is 9.43. The van der Waals surface area contributed by atoms with Crippen LogP contribution in [0, 0.1) is 5.92 Å². The fraction of sp³-hybridized carbons (Fsp3) is 0.550. The number of nitrogens with one attached hydrogen (secondary N) is 2. The van der Waals surface area contributed by atoms with E-state index in [0.717, 1.165) is 5.75 Å². The highest BCUT2D eigenvalue weighted by Gasteiger charge is 2.31. The Morgan fingerprint density at radius 3 is 2.43 bits per heavy atom. The van der Waals surface area contributed by atoms with Crippen molar-refractivity contribution in [2.45, 2.75) is 44.2 Å². The molecule has 3 amide bonds. The van der Waals surface area contributed by atoms with Gasteiger partial charge in [-0.2, -0.15) is 0 Å². The molecule has 152 valence electrons. The number of rotatable bonds is 7. The molecular formula is C20H27N3O5. The Morgan fingerprint density at radius 1 is 1.07 bits per heavy atom. The van der Waals surface area contributed by atoms with E-state index in [0.29, 0.717) is 45.4 Å². The Hall–Kier alpha value is -2.77. The van der Waals surface area contributed by atoms with E-state index in [2.05, 4.69) is 10.6 Å². The summed E-state index contributed by atoms with van der Waals surface area (Å²) in [5.74, 6) is -0.298. The minimum atomic E-state index is -0.760. The summed E-state index contributed by atoms with van der Waals surface area (Å²) >= 11 is 0. The number of para-hydroxylation sites is 1. The van der Waals surface area contributed by atoms with Gasteiger partial charge in [0.05, 0.1) is 18.5 Å². The number of hydrogen-bond acceptors (Lipinski definition) is 4. The number of hydrogen-bond donors (Lipinski definition) is 3. The summed E-state index contributed by atoms with van der Waals surface area (Å²) < 4.78 is 5.62. The number of carbonyl (C=O) groups excluding carboxylic acids is 2. The lowest BCUT2D eigenvalue weighted by Crippen LogP contribution is -2.48. The lowest BCUT2D eigenvalue weighted by atomic mass is 9.86. The Balaban J connectivity index is 1.35. The summed E-state index contributed by atoms with van der Waals surface area (Å²) in [6.45, 7) is 1.35. The van der Waals surface area contributed by atoms with E-state index in [-0.39, 0.29) is 36.4 Å². The summed E-state index contributed by atoms with van der Waals surface area (Å²) in [5, 5.41) is 14.8. The van der Waals surface area contributed by atoms with Crippen LogP contribution in [0.5, 0.6) is 5.75 Å². The van der Waals surface area contributed by atoms with Crippen LogP contribution in [0.25, 0.3) is 0 Å². The van der Waals surface area contributed by atoms with Crippen LogP contribution in [0.15, 0.2) is 30.3 Å². The molecule has 0 radical (unpaired) electrons. The predicted molar refractivity (Wildman–Crippen MR) is 102 cm³/mol. The molecule has 8 nitrogen and oxygen atoms in total. The Bertz CT molecular complexity index is 688. The van der Waals surface area contributed by atoms with E-state index >= 15 is 0 Å². The highest BCUT2D eigenvalue weighted by Crippen LogP contribution is 2.24. The van der Waals surface area contributed by atoms with E-state index in [1.54, 1.807) is 4.90 Å². The van der Waals surface area contributed by atoms with Crippen molar-refractivity contribution in [3.05, 3.63) is 30.3 Å². The van der Waals surface area contributed by atoms with Crippen LogP contribution < -0.4 is 15.4 Å². The van der Waals surface area contributed by atoms with Crippen molar-refractivity contribution >= 4 is 17.9 Å². The van der Waals surface area contributed by atoms with Gasteiger partial charge in [0.1, 0.15) is 12.4 Å². The van der Waals surface area contributed by atoms with Crippen LogP contribution in [0.3, 0.4) is 0 Å². The SMILES string of the molecule is O=C(NC1CCC(C(=O)O)CC1)NC1CC(=O)N(CCOc2ccccc2)C1. The molecule has 1 saturated carbocycles. The van der Waals surface area contributed by atoms with Crippen molar-refractivity contribution in [2.24, 2.45) is 5.92 Å². The quantitative estimate of drug-likeness (QED) is 0.657. The smallest absolute Gasteiger partial charge is 0.315 e. The first-order chi connectivity index (χ1) is 13.5. The first-order valence-corrected chi connectivity index (χ1v) is 9.76. The second-order valence-electron chi connectivity index (χ2n) is 7.41. The highest BCUT2D eigenvalue weighted by molar-refractivity contribution is 5.81. The lowest BCUT2D eigenvalue weighted by Gasteiger charge is -2.27. The minimum absolute atomic E-state index is 0.00364. The molecule has 1 atom stereocenters. The number of benzene rings is 1. The van der Waals surface area contributed by atoms with E-state index < -0.39 is 5.97 Å². The molecule has 0 bridgehead atoms. The molecule has 1 aromatic rings. The van der Waals surface area contributed by atoms with Crippen LogP contribution in [-0.2, 0) is 9.59 Å². The first kappa shape index (κ1) is 20.0. The second-order valence-corrected chi connectivity index (χ2v) is 7.41. The fourth-order valence-corrected chi connectivity index (χ4v) is 3.77. The van der Waals surface area contributed by atoms with Crippen LogP contribution in [0.4, 0.5) is 4.79 Å². The van der Waals surface area contributed by atoms with Crippen molar-refractivity contribution in [2.75, 3.05) is 19.7 Å². The average Bonchev–Trinajstić information content (AvgIpc) is 3.02. The number of amides is 3. The Kier molecular flexibility index (Phi) is 6.73. The van der Waals surface area contributed by atoms with Crippen molar-refractivity contribution in [3.63, 3.8) is 0 Å². The summed E-state index contributed by atoms with van der Waals surface area (Å²) in [6, 6.07) is 8.90. The van der Waals surface area contributed by atoms with Crippen LogP contribution in [0.2, 0.25) is 0 Å². The molecule has 28 heavy (non-hydrogen) atoms. The number of carbonyl (C=O) groups is 3. The van der Waals surface area contributed by atoms with Gasteiger partial charge in [-0.3, -0.25) is 9.59 Å². The third-order valence-electron chi connectivity index (χ3n) is 5.33. The highest BCUT2D eigenvalue weighted by atomic mass is 16.5. The molecule has 1 heterocycles. The standard InChI is InChI=1S/C20H27N3O5/c24-18-12-16(13-23(18)10-11-28-17-4-2-1-3-5-17)22-20(27)21-15-8-6-14(7-9-15)19(25)26/h1-5,14-16H,6-13H2,(H,25,26)(H2,21,22,27). The predicted octanol–water partition coefficient (Wildman–Crippen LogP) is 1.61. The number of carboxylic acids is 1. The maximum atomic E-state index is 12.2. The Labute approximate surface area is 164 Å². The molecule has 8 heteroatoms. The van der Waals surface area contributed by atoms with Crippen molar-refractivity contribution in [3.8, 4) is 5.75 Å². The molecule has 1 aliphatic carbocycles. The van der Waals surface area contributed by atoms with Gasteiger partial charge >= 0.3 is 12.0 Å². The zero-order valence-electron chi connectivity index (χ0n) is 15.8. The number of nitrogens with zero attached hydrogens (tertiary/aromatic N) is 1. The minimum Gasteiger partial charge on any atom is -0.492 e. The van der Waals surface area contributed by atoms with E-state index in [9.17, 15) is 14.4 Å². The molecule has 0 aromatic heterocycles. The molecule has 3 rings (SSSR count). The molecule has 1 aliphatic heterocycles. The van der Waals surface area contributed by atoms with Gasteiger partial charge in [-0.15, -0.1) is 0 Å². The molecular weight excluding hydrogens is 362 g/mol. The third kappa shape index (κ3) is 5.61. The summed E-state index contributed by atoms with van der Waals surface area (Å²) in [6.07, 6.45) is 2.77. The number of carboxylic acid groups (broad SMARTS) is 1. The monoisotopic (exact) mass is 389 g/mol. The number of urea groups is 1.